The number of thioether (sulfide) groups is 1. The Morgan fingerprint density at radius 1 is 1.14 bits per heavy atom. The van der Waals surface area contributed by atoms with Crippen LogP contribution >= 0.6 is 23.1 Å². The van der Waals surface area contributed by atoms with E-state index >= 15 is 0 Å². The number of thiazole rings is 1. The van der Waals surface area contributed by atoms with Crippen molar-refractivity contribution in [1.29, 1.82) is 0 Å². The van der Waals surface area contributed by atoms with Gasteiger partial charge in [-0.1, -0.05) is 42.1 Å². The quantitative estimate of drug-likeness (QED) is 0.453. The van der Waals surface area contributed by atoms with Gasteiger partial charge in [0.2, 0.25) is 5.91 Å². The molecule has 0 spiro atoms. The number of carbonyl (C=O) groups is 1. The third-order valence-electron chi connectivity index (χ3n) is 4.94. The molecule has 1 aliphatic rings. The first-order valence-corrected chi connectivity index (χ1v) is 11.6. The SMILES string of the molecule is O=C(CSc1nccc(N2CCC(Cc3ccccc3)CC2)n1)Nc1nccs1. The highest BCUT2D eigenvalue weighted by molar-refractivity contribution is 7.99. The number of nitrogens with one attached hydrogen (secondary N) is 1. The van der Waals surface area contributed by atoms with Gasteiger partial charge in [-0.05, 0) is 36.8 Å². The average molecular weight is 426 g/mol. The van der Waals surface area contributed by atoms with Crippen LogP contribution in [0, 0.1) is 5.92 Å². The predicted octanol–water partition coefficient (Wildman–Crippen LogP) is 4.12. The monoisotopic (exact) mass is 425 g/mol. The molecule has 29 heavy (non-hydrogen) atoms. The normalized spacial score (nSPS) is 14.7. The number of rotatable bonds is 7. The molecule has 1 N–H and O–H groups in total. The summed E-state index contributed by atoms with van der Waals surface area (Å²) < 4.78 is 0. The van der Waals surface area contributed by atoms with Crippen molar-refractivity contribution in [2.75, 3.05) is 29.1 Å². The van der Waals surface area contributed by atoms with Crippen molar-refractivity contribution in [3.8, 4) is 0 Å². The number of piperidine rings is 1. The number of hydrogen-bond acceptors (Lipinski definition) is 7. The highest BCUT2D eigenvalue weighted by atomic mass is 32.2. The van der Waals surface area contributed by atoms with Gasteiger partial charge >= 0.3 is 0 Å². The minimum Gasteiger partial charge on any atom is -0.356 e. The molecule has 150 valence electrons. The molecule has 6 nitrogen and oxygen atoms in total. The lowest BCUT2D eigenvalue weighted by Crippen LogP contribution is -2.35. The number of carbonyl (C=O) groups excluding carboxylic acids is 1. The summed E-state index contributed by atoms with van der Waals surface area (Å²) in [4.78, 5) is 27.4. The van der Waals surface area contributed by atoms with Gasteiger partial charge in [-0.3, -0.25) is 4.79 Å². The van der Waals surface area contributed by atoms with Crippen molar-refractivity contribution >= 4 is 40.0 Å². The van der Waals surface area contributed by atoms with Crippen molar-refractivity contribution in [1.82, 2.24) is 15.0 Å². The van der Waals surface area contributed by atoms with E-state index in [0.717, 1.165) is 44.1 Å². The molecule has 1 fully saturated rings. The van der Waals surface area contributed by atoms with E-state index in [2.05, 4.69) is 55.5 Å². The highest BCUT2D eigenvalue weighted by Gasteiger charge is 2.21. The molecule has 8 heteroatoms. The van der Waals surface area contributed by atoms with Gasteiger partial charge in [0.25, 0.3) is 0 Å². The van der Waals surface area contributed by atoms with Gasteiger partial charge in [-0.25, -0.2) is 15.0 Å². The van der Waals surface area contributed by atoms with Gasteiger partial charge in [-0.15, -0.1) is 11.3 Å². The molecule has 0 atom stereocenters. The van der Waals surface area contributed by atoms with Crippen molar-refractivity contribution in [2.24, 2.45) is 5.92 Å². The van der Waals surface area contributed by atoms with Crippen molar-refractivity contribution in [2.45, 2.75) is 24.4 Å². The second-order valence-corrected chi connectivity index (χ2v) is 8.83. The third kappa shape index (κ3) is 5.77. The zero-order chi connectivity index (χ0) is 19.9. The van der Waals surface area contributed by atoms with E-state index in [4.69, 9.17) is 0 Å². The predicted molar refractivity (Wildman–Crippen MR) is 119 cm³/mol. The molecular weight excluding hydrogens is 402 g/mol. The zero-order valence-corrected chi connectivity index (χ0v) is 17.7. The lowest BCUT2D eigenvalue weighted by molar-refractivity contribution is -0.113. The van der Waals surface area contributed by atoms with E-state index in [1.165, 1.54) is 28.7 Å². The number of hydrogen-bond donors (Lipinski definition) is 1. The smallest absolute Gasteiger partial charge is 0.236 e. The summed E-state index contributed by atoms with van der Waals surface area (Å²) in [6.07, 6.45) is 6.92. The Kier molecular flexibility index (Phi) is 6.74. The topological polar surface area (TPSA) is 71.0 Å². The molecule has 3 aromatic rings. The molecule has 1 aromatic carbocycles. The van der Waals surface area contributed by atoms with E-state index in [1.807, 2.05) is 11.4 Å². The number of nitrogens with zero attached hydrogens (tertiary/aromatic N) is 4. The molecule has 1 aliphatic heterocycles. The van der Waals surface area contributed by atoms with Gasteiger partial charge in [0, 0.05) is 30.9 Å². The zero-order valence-electron chi connectivity index (χ0n) is 16.0. The van der Waals surface area contributed by atoms with Crippen LogP contribution in [0.15, 0.2) is 59.3 Å². The van der Waals surface area contributed by atoms with Crippen LogP contribution in [0.2, 0.25) is 0 Å². The Morgan fingerprint density at radius 3 is 2.72 bits per heavy atom. The minimum atomic E-state index is -0.0966. The first kappa shape index (κ1) is 19.8. The maximum Gasteiger partial charge on any atom is 0.236 e. The maximum absolute atomic E-state index is 12.0. The summed E-state index contributed by atoms with van der Waals surface area (Å²) in [5, 5.41) is 5.85. The fraction of sp³-hybridized carbons (Fsp3) is 0.333. The number of amides is 1. The van der Waals surface area contributed by atoms with Gasteiger partial charge < -0.3 is 10.2 Å². The lowest BCUT2D eigenvalue weighted by Gasteiger charge is -2.33. The molecule has 0 saturated carbocycles. The number of anilines is 2. The van der Waals surface area contributed by atoms with E-state index in [9.17, 15) is 4.79 Å². The summed E-state index contributed by atoms with van der Waals surface area (Å²) in [5.41, 5.74) is 1.42. The Hall–Kier alpha value is -2.45. The van der Waals surface area contributed by atoms with Crippen molar-refractivity contribution < 1.29 is 4.79 Å². The van der Waals surface area contributed by atoms with E-state index in [-0.39, 0.29) is 11.7 Å². The molecule has 0 radical (unpaired) electrons. The number of benzene rings is 1. The van der Waals surface area contributed by atoms with Crippen LogP contribution in [-0.4, -0.2) is 39.7 Å². The summed E-state index contributed by atoms with van der Waals surface area (Å²) >= 11 is 2.75. The summed E-state index contributed by atoms with van der Waals surface area (Å²) in [6.45, 7) is 2.01. The van der Waals surface area contributed by atoms with Crippen LogP contribution in [0.3, 0.4) is 0 Å². The van der Waals surface area contributed by atoms with E-state index in [0.29, 0.717) is 10.3 Å². The molecule has 0 aliphatic carbocycles. The summed E-state index contributed by atoms with van der Waals surface area (Å²) in [5.74, 6) is 1.84. The van der Waals surface area contributed by atoms with Gasteiger partial charge in [0.15, 0.2) is 10.3 Å². The number of aromatic nitrogens is 3. The van der Waals surface area contributed by atoms with E-state index < -0.39 is 0 Å². The largest absolute Gasteiger partial charge is 0.356 e. The van der Waals surface area contributed by atoms with Crippen LogP contribution < -0.4 is 10.2 Å². The Bertz CT molecular complexity index is 912. The van der Waals surface area contributed by atoms with E-state index in [1.54, 1.807) is 12.4 Å². The second kappa shape index (κ2) is 9.84. The minimum absolute atomic E-state index is 0.0966. The highest BCUT2D eigenvalue weighted by Crippen LogP contribution is 2.26. The van der Waals surface area contributed by atoms with Gasteiger partial charge in [0.1, 0.15) is 5.82 Å². The maximum atomic E-state index is 12.0. The fourth-order valence-corrected chi connectivity index (χ4v) is 4.63. The van der Waals surface area contributed by atoms with Crippen LogP contribution in [0.1, 0.15) is 18.4 Å². The summed E-state index contributed by atoms with van der Waals surface area (Å²) in [6, 6.07) is 12.7. The van der Waals surface area contributed by atoms with Crippen LogP contribution in [0.5, 0.6) is 0 Å². The first-order valence-electron chi connectivity index (χ1n) is 9.70. The Labute approximate surface area is 178 Å². The molecule has 1 saturated heterocycles. The lowest BCUT2D eigenvalue weighted by atomic mass is 9.90. The molecule has 0 bridgehead atoms. The molecule has 0 unspecified atom stereocenters. The van der Waals surface area contributed by atoms with Gasteiger partial charge in [-0.2, -0.15) is 0 Å². The molecular formula is C21H23N5OS2. The van der Waals surface area contributed by atoms with Gasteiger partial charge in [0.05, 0.1) is 5.75 Å². The van der Waals surface area contributed by atoms with Crippen molar-refractivity contribution in [3.05, 3.63) is 59.7 Å². The first-order chi connectivity index (χ1) is 14.3. The third-order valence-corrected chi connectivity index (χ3v) is 6.49. The molecule has 3 heterocycles. The second-order valence-electron chi connectivity index (χ2n) is 6.99. The van der Waals surface area contributed by atoms with Crippen LogP contribution in [0.25, 0.3) is 0 Å². The standard InChI is InChI=1S/C21H23N5OS2/c27-19(25-21-23-10-13-28-21)15-29-20-22-9-6-18(24-20)26-11-7-17(8-12-26)14-16-4-2-1-3-5-16/h1-6,9-10,13,17H,7-8,11-12,14-15H2,(H,23,25,27). The fourth-order valence-electron chi connectivity index (χ4n) is 3.46. The van der Waals surface area contributed by atoms with Crippen LogP contribution in [-0.2, 0) is 11.2 Å². The van der Waals surface area contributed by atoms with Crippen LogP contribution in [0.4, 0.5) is 10.9 Å². The molecule has 1 amide bonds. The Morgan fingerprint density at radius 2 is 1.97 bits per heavy atom. The summed E-state index contributed by atoms with van der Waals surface area (Å²) in [7, 11) is 0. The molecule has 2 aromatic heterocycles. The average Bonchev–Trinajstić information content (AvgIpc) is 3.27. The molecule has 4 rings (SSSR count). The van der Waals surface area contributed by atoms with Crippen molar-refractivity contribution in [3.63, 3.8) is 0 Å². The Balaban J connectivity index is 1.27.